The number of hydrogen-bond acceptors (Lipinski definition) is 44. The second-order valence-electron chi connectivity index (χ2n) is 34.2. The molecule has 0 amide bonds. The van der Waals surface area contributed by atoms with Gasteiger partial charge in [0.15, 0.2) is 151 Å². The van der Waals surface area contributed by atoms with Gasteiger partial charge < -0.3 is 200 Å². The first-order valence-electron chi connectivity index (χ1n) is 43.4. The third-order valence-corrected chi connectivity index (χ3v) is 22.0. The minimum absolute atomic E-state index is 0.00647. The number of phenols is 28. The molecule has 4 aliphatic heterocycles. The normalized spacial score (nSPS) is 16.8. The molecular weight excluding hydrogens is 1910 g/mol. The standard InChI is InChI=1S/4C25H24O11/c1-10(2)34-20-6-11(3-18(30)23(20)32)24-21(9-14-15(27)7-13(26)8-19(14)35-24)36-25(33)12-4-16(28)22(31)17(29)5-12;1-10(2)34-24-18(30)3-11(4-19(24)31)23-21(9-14-15(27)7-13(26)8-20(14)35-23)36-25(33)12-5-16(28)22(32)17(29)6-12;1-10(2)34-13-7-15(26)14-9-21(36-25(33)12-5-18(29)23(32)19(30)6-12)24(35-20(14)8-13)11-3-16(27)22(31)17(28)4-11;1-10(2)34-19-7-13(26)8-20-14(19)9-21(24(35-20)11-3-15(27)22(31)16(28)4-11)36-25(33)12-5-17(29)23(32)18(30)6-12/h3-8,10,21,24,26-32H,9H2,1-2H3;3-8,10,21,23,26-32H,9H2,1-2H3;2*3-8,10,21,24,26-32H,9H2,1-2H3/t21-,24+;21-,23+;2*21-,24+/m0000/s1. The van der Waals surface area contributed by atoms with Crippen LogP contribution in [0.2, 0.25) is 0 Å². The minimum atomic E-state index is -1.14. The molecule has 28 N–H and O–H groups in total. The summed E-state index contributed by atoms with van der Waals surface area (Å²) in [5.74, 6) is -19.5. The largest absolute Gasteiger partial charge is 0.508 e. The van der Waals surface area contributed by atoms with E-state index in [0.717, 1.165) is 84.9 Å². The molecule has 0 aromatic heterocycles. The first-order valence-corrected chi connectivity index (χ1v) is 43.4. The van der Waals surface area contributed by atoms with Crippen LogP contribution in [0.3, 0.4) is 0 Å². The summed E-state index contributed by atoms with van der Waals surface area (Å²) in [5, 5.41) is 278. The zero-order valence-electron chi connectivity index (χ0n) is 76.7. The second kappa shape index (κ2) is 41.5. The van der Waals surface area contributed by atoms with Crippen molar-refractivity contribution in [2.45, 2.75) is 154 Å². The van der Waals surface area contributed by atoms with Gasteiger partial charge in [-0.2, -0.15) is 0 Å². The van der Waals surface area contributed by atoms with Crippen molar-refractivity contribution in [2.24, 2.45) is 0 Å². The van der Waals surface area contributed by atoms with Crippen LogP contribution in [0.25, 0.3) is 0 Å². The van der Waals surface area contributed by atoms with Crippen LogP contribution in [0, 0.1) is 0 Å². The van der Waals surface area contributed by atoms with Crippen LogP contribution in [-0.2, 0) is 44.6 Å². The third-order valence-electron chi connectivity index (χ3n) is 22.0. The fraction of sp³-hybridized carbons (Fsp3) is 0.240. The van der Waals surface area contributed by atoms with E-state index in [0.29, 0.717) is 16.9 Å². The number of aromatic hydroxyl groups is 28. The van der Waals surface area contributed by atoms with E-state index in [9.17, 15) is 162 Å². The van der Waals surface area contributed by atoms with E-state index in [1.165, 1.54) is 60.7 Å². The van der Waals surface area contributed by atoms with Crippen LogP contribution in [0.15, 0.2) is 146 Å². The molecule has 16 rings (SSSR count). The Bertz CT molecular complexity index is 6670. The van der Waals surface area contributed by atoms with E-state index >= 15 is 0 Å². The van der Waals surface area contributed by atoms with E-state index in [1.54, 1.807) is 55.4 Å². The number of hydrogen-bond donors (Lipinski definition) is 28. The molecule has 760 valence electrons. The highest BCUT2D eigenvalue weighted by Crippen LogP contribution is 2.54. The summed E-state index contributed by atoms with van der Waals surface area (Å²) in [4.78, 5) is 51.5. The smallest absolute Gasteiger partial charge is 0.338 e. The first kappa shape index (κ1) is 103. The van der Waals surface area contributed by atoms with Gasteiger partial charge in [0.2, 0.25) is 11.5 Å². The Morgan fingerprint density at radius 2 is 0.458 bits per heavy atom. The summed E-state index contributed by atoms with van der Waals surface area (Å²) in [6.45, 7) is 14.0. The Kier molecular flexibility index (Phi) is 29.6. The summed E-state index contributed by atoms with van der Waals surface area (Å²) in [6, 6.07) is 27.2. The monoisotopic (exact) mass is 2000 g/mol. The highest BCUT2D eigenvalue weighted by Gasteiger charge is 2.44. The molecule has 0 radical (unpaired) electrons. The second-order valence-corrected chi connectivity index (χ2v) is 34.2. The van der Waals surface area contributed by atoms with Crippen molar-refractivity contribution >= 4 is 23.9 Å². The SMILES string of the molecule is CC(C)Oc1c(O)cc([C@H]2Oc3cc(O)cc(O)c3C[C@@H]2OC(=O)c2cc(O)c(O)c(O)c2)cc1O.CC(C)Oc1cc(O)c2c(c1)O[C@H](c1cc(O)c(O)c(O)c1)[C@@H](OC(=O)c1cc(O)c(O)c(O)c1)C2.CC(C)Oc1cc(O)cc2c1C[C@H](OC(=O)c1cc(O)c(O)c(O)c1)[C@@H](c1cc(O)c(O)c(O)c1)O2.CC(C)Oc1cc([C@H]2Oc3cc(O)cc(O)c3C[C@@H]2OC(=O)c2cc(O)c(O)c(O)c2)cc(O)c1O. The number of esters is 4. The maximum absolute atomic E-state index is 12.9. The van der Waals surface area contributed by atoms with Crippen molar-refractivity contribution < 1.29 is 219 Å². The van der Waals surface area contributed by atoms with E-state index in [-0.39, 0.29) is 180 Å². The molecule has 4 heterocycles. The third kappa shape index (κ3) is 22.7. The highest BCUT2D eigenvalue weighted by atomic mass is 16.6. The molecule has 44 nitrogen and oxygen atoms in total. The number of benzene rings is 12. The summed E-state index contributed by atoms with van der Waals surface area (Å²) < 4.78 is 68.7. The Morgan fingerprint density at radius 3 is 0.750 bits per heavy atom. The molecule has 12 aromatic carbocycles. The summed E-state index contributed by atoms with van der Waals surface area (Å²) >= 11 is 0. The fourth-order valence-electron chi connectivity index (χ4n) is 15.6. The maximum atomic E-state index is 12.9. The van der Waals surface area contributed by atoms with Crippen molar-refractivity contribution in [1.29, 1.82) is 0 Å². The van der Waals surface area contributed by atoms with Crippen LogP contribution < -0.4 is 37.9 Å². The van der Waals surface area contributed by atoms with Gasteiger partial charge in [0.05, 0.1) is 46.7 Å². The number of phenolic OH excluding ortho intramolecular Hbond substituents is 28. The first-order chi connectivity index (χ1) is 67.8. The molecule has 144 heavy (non-hydrogen) atoms. The van der Waals surface area contributed by atoms with Gasteiger partial charge in [-0.3, -0.25) is 0 Å². The Balaban J connectivity index is 0.000000161. The predicted molar refractivity (Wildman–Crippen MR) is 492 cm³/mol. The number of fused-ring (bicyclic) bond motifs is 4. The van der Waals surface area contributed by atoms with Crippen LogP contribution in [-0.4, -0.2) is 216 Å². The van der Waals surface area contributed by atoms with Gasteiger partial charge in [-0.1, -0.05) is 0 Å². The van der Waals surface area contributed by atoms with E-state index < -0.39 is 199 Å². The van der Waals surface area contributed by atoms with Gasteiger partial charge in [-0.15, -0.1) is 0 Å². The van der Waals surface area contributed by atoms with Crippen molar-refractivity contribution in [1.82, 2.24) is 0 Å². The lowest BCUT2D eigenvalue weighted by Gasteiger charge is -2.34. The molecule has 0 saturated carbocycles. The van der Waals surface area contributed by atoms with Gasteiger partial charge in [0, 0.05) is 119 Å². The molecule has 0 aliphatic carbocycles. The van der Waals surface area contributed by atoms with Gasteiger partial charge >= 0.3 is 23.9 Å². The molecule has 4 aliphatic rings. The molecule has 44 heteroatoms. The molecule has 12 aromatic rings. The van der Waals surface area contributed by atoms with Crippen molar-refractivity contribution in [3.05, 3.63) is 212 Å². The molecule has 0 fully saturated rings. The van der Waals surface area contributed by atoms with Gasteiger partial charge in [-0.25, -0.2) is 19.2 Å². The van der Waals surface area contributed by atoms with E-state index in [4.69, 9.17) is 56.8 Å². The molecule has 0 bridgehead atoms. The Morgan fingerprint density at radius 1 is 0.229 bits per heavy atom. The highest BCUT2D eigenvalue weighted by molar-refractivity contribution is 5.94. The molecular formula is C100H96O44. The lowest BCUT2D eigenvalue weighted by Crippen LogP contribution is -2.35. The number of carbonyl (C=O) groups excluding carboxylic acids is 4. The predicted octanol–water partition coefficient (Wildman–Crippen LogP) is 13.3. The van der Waals surface area contributed by atoms with Crippen LogP contribution >= 0.6 is 0 Å². The topological polar surface area (TPSA) is 745 Å². The lowest BCUT2D eigenvalue weighted by atomic mass is 9.93. The number of carbonyl (C=O) groups is 4. The minimum Gasteiger partial charge on any atom is -0.508 e. The van der Waals surface area contributed by atoms with E-state index in [1.807, 2.05) is 0 Å². The molecule has 0 spiro atoms. The quantitative estimate of drug-likeness (QED) is 0.0191. The van der Waals surface area contributed by atoms with Gasteiger partial charge in [0.25, 0.3) is 0 Å². The van der Waals surface area contributed by atoms with Crippen molar-refractivity contribution in [3.63, 3.8) is 0 Å². The Hall–Kier alpha value is -18.7. The average Bonchev–Trinajstić information content (AvgIpc) is 0.790. The van der Waals surface area contributed by atoms with Gasteiger partial charge in [-0.05, 0) is 152 Å². The number of ether oxygens (including phenoxy) is 12. The Labute approximate surface area is 813 Å². The van der Waals surface area contributed by atoms with Crippen molar-refractivity contribution in [3.8, 4) is 207 Å². The van der Waals surface area contributed by atoms with Crippen molar-refractivity contribution in [2.75, 3.05) is 0 Å². The molecule has 8 atom stereocenters. The van der Waals surface area contributed by atoms with Crippen LogP contribution in [0.4, 0.5) is 0 Å². The lowest BCUT2D eigenvalue weighted by molar-refractivity contribution is -0.0194. The van der Waals surface area contributed by atoms with Gasteiger partial charge in [0.1, 0.15) is 93.4 Å². The molecule has 0 unspecified atom stereocenters. The summed E-state index contributed by atoms with van der Waals surface area (Å²) in [5.41, 5.74) is 0.812. The zero-order chi connectivity index (χ0) is 105. The van der Waals surface area contributed by atoms with Crippen LogP contribution in [0.5, 0.6) is 207 Å². The fourth-order valence-corrected chi connectivity index (χ4v) is 15.6. The summed E-state index contributed by atoms with van der Waals surface area (Å²) in [7, 11) is 0. The maximum Gasteiger partial charge on any atom is 0.338 e. The molecule has 0 saturated heterocycles. The summed E-state index contributed by atoms with van der Waals surface area (Å²) in [6.07, 6.45) is -10.4. The van der Waals surface area contributed by atoms with Crippen LogP contribution in [0.1, 0.15) is 166 Å². The number of rotatable bonds is 20. The zero-order valence-corrected chi connectivity index (χ0v) is 76.7. The average molecular weight is 2000 g/mol. The van der Waals surface area contributed by atoms with E-state index in [2.05, 4.69) is 0 Å².